The van der Waals surface area contributed by atoms with Crippen LogP contribution in [0.5, 0.6) is 0 Å². The summed E-state index contributed by atoms with van der Waals surface area (Å²) in [4.78, 5) is 4.65. The average Bonchev–Trinajstić information content (AvgIpc) is 2.68. The second-order valence-corrected chi connectivity index (χ2v) is 5.59. The minimum atomic E-state index is 0.618. The molecule has 2 heterocycles. The molecule has 0 atom stereocenters. The first-order valence-electron chi connectivity index (χ1n) is 6.48. The Morgan fingerprint density at radius 2 is 1.90 bits per heavy atom. The van der Waals surface area contributed by atoms with Crippen molar-refractivity contribution < 1.29 is 0 Å². The lowest BCUT2D eigenvalue weighted by atomic mass is 10.00. The topological polar surface area (TPSA) is 46.5 Å². The zero-order valence-electron chi connectivity index (χ0n) is 12.0. The molecule has 0 saturated heterocycles. The lowest BCUT2D eigenvalue weighted by Gasteiger charge is -2.11. The highest BCUT2D eigenvalue weighted by atomic mass is 32.1. The second kappa shape index (κ2) is 4.52. The van der Waals surface area contributed by atoms with Gasteiger partial charge < -0.3 is 4.57 Å². The third kappa shape index (κ3) is 1.94. The fourth-order valence-corrected chi connectivity index (χ4v) is 2.78. The highest BCUT2D eigenvalue weighted by molar-refractivity contribution is 7.71. The van der Waals surface area contributed by atoms with Gasteiger partial charge in [-0.1, -0.05) is 6.07 Å². The molecule has 3 rings (SSSR count). The van der Waals surface area contributed by atoms with Crippen LogP contribution in [0.15, 0.2) is 18.2 Å². The Hall–Kier alpha value is -2.01. The molecule has 0 aliphatic heterocycles. The number of fused-ring (bicyclic) bond motifs is 1. The summed E-state index contributed by atoms with van der Waals surface area (Å²) in [7, 11) is 1.92. The Balaban J connectivity index is 2.47. The van der Waals surface area contributed by atoms with E-state index in [2.05, 4.69) is 47.2 Å². The van der Waals surface area contributed by atoms with E-state index in [9.17, 15) is 0 Å². The summed E-state index contributed by atoms with van der Waals surface area (Å²) >= 11 is 5.21. The monoisotopic (exact) mass is 284 g/mol. The lowest BCUT2D eigenvalue weighted by molar-refractivity contribution is 0.902. The highest BCUT2D eigenvalue weighted by Crippen LogP contribution is 2.30. The molecule has 102 valence electrons. The van der Waals surface area contributed by atoms with Crippen molar-refractivity contribution in [2.75, 3.05) is 0 Å². The van der Waals surface area contributed by atoms with E-state index in [1.807, 2.05) is 18.5 Å². The van der Waals surface area contributed by atoms with Crippen LogP contribution in [-0.4, -0.2) is 19.7 Å². The van der Waals surface area contributed by atoms with Gasteiger partial charge in [-0.05, 0) is 56.2 Å². The van der Waals surface area contributed by atoms with Crippen molar-refractivity contribution in [2.45, 2.75) is 20.8 Å². The predicted octanol–water partition coefficient (Wildman–Crippen LogP) is 3.62. The summed E-state index contributed by atoms with van der Waals surface area (Å²) in [5, 5.41) is 8.34. The van der Waals surface area contributed by atoms with Crippen LogP contribution in [0.1, 0.15) is 16.8 Å². The zero-order chi connectivity index (χ0) is 14.4. The van der Waals surface area contributed by atoms with Gasteiger partial charge in [0, 0.05) is 23.7 Å². The summed E-state index contributed by atoms with van der Waals surface area (Å²) < 4.78 is 2.51. The number of aromatic nitrogens is 4. The molecular weight excluding hydrogens is 268 g/mol. The van der Waals surface area contributed by atoms with E-state index < -0.39 is 0 Å². The van der Waals surface area contributed by atoms with Crippen LogP contribution in [0.4, 0.5) is 0 Å². The zero-order valence-corrected chi connectivity index (χ0v) is 12.8. The maximum absolute atomic E-state index is 5.21. The van der Waals surface area contributed by atoms with E-state index in [0.29, 0.717) is 4.77 Å². The second-order valence-electron chi connectivity index (χ2n) is 5.20. The van der Waals surface area contributed by atoms with Crippen molar-refractivity contribution in [3.05, 3.63) is 39.8 Å². The van der Waals surface area contributed by atoms with Crippen LogP contribution in [0.25, 0.3) is 22.3 Å². The maximum Gasteiger partial charge on any atom is 0.195 e. The Labute approximate surface area is 122 Å². The molecular formula is C15H16N4S. The SMILES string of the molecule is Cc1cc(C)c2c(-c3n[nH]c(=S)n3C)cc(C)nc2c1. The number of hydrogen-bond donors (Lipinski definition) is 1. The summed E-state index contributed by atoms with van der Waals surface area (Å²) in [5.74, 6) is 0.845. The first-order valence-corrected chi connectivity index (χ1v) is 6.88. The fourth-order valence-electron chi connectivity index (χ4n) is 2.65. The number of aryl methyl sites for hydroxylation is 3. The third-order valence-corrected chi connectivity index (χ3v) is 3.86. The van der Waals surface area contributed by atoms with Crippen LogP contribution >= 0.6 is 12.2 Å². The number of benzene rings is 1. The number of nitrogens with zero attached hydrogens (tertiary/aromatic N) is 3. The van der Waals surface area contributed by atoms with Crippen molar-refractivity contribution in [3.63, 3.8) is 0 Å². The molecule has 20 heavy (non-hydrogen) atoms. The smallest absolute Gasteiger partial charge is 0.195 e. The number of pyridine rings is 1. The van der Waals surface area contributed by atoms with Gasteiger partial charge in [0.25, 0.3) is 0 Å². The first kappa shape index (κ1) is 13.0. The van der Waals surface area contributed by atoms with Crippen LogP contribution in [0.2, 0.25) is 0 Å². The summed E-state index contributed by atoms with van der Waals surface area (Å²) in [6.45, 7) is 6.20. The molecule has 0 amide bonds. The number of H-pyrrole nitrogens is 1. The molecule has 5 heteroatoms. The van der Waals surface area contributed by atoms with Gasteiger partial charge in [0.2, 0.25) is 0 Å². The molecule has 0 unspecified atom stereocenters. The summed E-state index contributed by atoms with van der Waals surface area (Å²) in [5.41, 5.74) is 5.48. The Bertz CT molecular complexity index is 868. The van der Waals surface area contributed by atoms with Crippen molar-refractivity contribution in [3.8, 4) is 11.4 Å². The van der Waals surface area contributed by atoms with Crippen molar-refractivity contribution >= 4 is 23.1 Å². The van der Waals surface area contributed by atoms with Crippen LogP contribution in [-0.2, 0) is 7.05 Å². The molecule has 0 spiro atoms. The number of hydrogen-bond acceptors (Lipinski definition) is 3. The molecule has 4 nitrogen and oxygen atoms in total. The molecule has 3 aromatic rings. The minimum Gasteiger partial charge on any atom is -0.303 e. The number of rotatable bonds is 1. The van der Waals surface area contributed by atoms with Gasteiger partial charge in [-0.2, -0.15) is 5.10 Å². The summed E-state index contributed by atoms with van der Waals surface area (Å²) in [6.07, 6.45) is 0. The lowest BCUT2D eigenvalue weighted by Crippen LogP contribution is -1.97. The van der Waals surface area contributed by atoms with Gasteiger partial charge in [-0.25, -0.2) is 0 Å². The predicted molar refractivity (Wildman–Crippen MR) is 83.3 cm³/mol. The van der Waals surface area contributed by atoms with E-state index in [4.69, 9.17) is 12.2 Å². The maximum atomic E-state index is 5.21. The molecule has 0 aliphatic carbocycles. The standard InChI is InChI=1S/C15H16N4S/c1-8-5-9(2)13-11(7-10(3)16-12(13)6-8)14-17-18-15(20)19(14)4/h5-7H,1-4H3,(H,18,20). The summed E-state index contributed by atoms with van der Waals surface area (Å²) in [6, 6.07) is 6.35. The molecule has 2 aromatic heterocycles. The van der Waals surface area contributed by atoms with Gasteiger partial charge >= 0.3 is 0 Å². The largest absolute Gasteiger partial charge is 0.303 e. The Morgan fingerprint density at radius 3 is 2.55 bits per heavy atom. The van der Waals surface area contributed by atoms with Crippen molar-refractivity contribution in [1.82, 2.24) is 19.7 Å². The van der Waals surface area contributed by atoms with Gasteiger partial charge in [0.05, 0.1) is 5.52 Å². The van der Waals surface area contributed by atoms with Gasteiger partial charge in [-0.3, -0.25) is 10.1 Å². The minimum absolute atomic E-state index is 0.618. The van der Waals surface area contributed by atoms with Crippen molar-refractivity contribution in [2.24, 2.45) is 7.05 Å². The van der Waals surface area contributed by atoms with Crippen molar-refractivity contribution in [1.29, 1.82) is 0 Å². The number of nitrogens with one attached hydrogen (secondary N) is 1. The first-order chi connectivity index (χ1) is 9.47. The average molecular weight is 284 g/mol. The molecule has 1 N–H and O–H groups in total. The van der Waals surface area contributed by atoms with E-state index in [1.54, 1.807) is 0 Å². The molecule has 0 aliphatic rings. The molecule has 0 bridgehead atoms. The third-order valence-electron chi connectivity index (χ3n) is 3.50. The Morgan fingerprint density at radius 1 is 1.15 bits per heavy atom. The molecule has 1 aromatic carbocycles. The van der Waals surface area contributed by atoms with E-state index in [-0.39, 0.29) is 0 Å². The van der Waals surface area contributed by atoms with Crippen LogP contribution in [0.3, 0.4) is 0 Å². The highest BCUT2D eigenvalue weighted by Gasteiger charge is 2.13. The quantitative estimate of drug-likeness (QED) is 0.694. The van der Waals surface area contributed by atoms with Gasteiger partial charge in [0.15, 0.2) is 10.6 Å². The number of aromatic amines is 1. The molecule has 0 fully saturated rings. The van der Waals surface area contributed by atoms with Crippen LogP contribution in [0, 0.1) is 25.5 Å². The van der Waals surface area contributed by atoms with Gasteiger partial charge in [-0.15, -0.1) is 0 Å². The Kier molecular flexibility index (Phi) is 2.94. The van der Waals surface area contributed by atoms with E-state index in [0.717, 1.165) is 28.0 Å². The molecule has 0 radical (unpaired) electrons. The van der Waals surface area contributed by atoms with Gasteiger partial charge in [0.1, 0.15) is 0 Å². The van der Waals surface area contributed by atoms with E-state index >= 15 is 0 Å². The molecule has 0 saturated carbocycles. The fraction of sp³-hybridized carbons (Fsp3) is 0.267. The normalized spacial score (nSPS) is 11.2. The van der Waals surface area contributed by atoms with Crippen LogP contribution < -0.4 is 0 Å². The van der Waals surface area contributed by atoms with E-state index in [1.165, 1.54) is 11.1 Å².